The zero-order valence-electron chi connectivity index (χ0n) is 12.5. The van der Waals surface area contributed by atoms with Gasteiger partial charge in [-0.15, -0.1) is 11.6 Å². The fourth-order valence-corrected chi connectivity index (χ4v) is 5.99. The molecule has 1 aromatic carbocycles. The van der Waals surface area contributed by atoms with Crippen LogP contribution in [0.3, 0.4) is 0 Å². The molecule has 5 rings (SSSR count). The Morgan fingerprint density at radius 1 is 1.09 bits per heavy atom. The maximum absolute atomic E-state index is 13.8. The Morgan fingerprint density at radius 2 is 1.74 bits per heavy atom. The van der Waals surface area contributed by atoms with Crippen LogP contribution in [0.15, 0.2) is 12.1 Å². The largest absolute Gasteiger partial charge is 0.323 e. The van der Waals surface area contributed by atoms with E-state index in [4.69, 9.17) is 11.6 Å². The van der Waals surface area contributed by atoms with Gasteiger partial charge in [-0.3, -0.25) is 4.79 Å². The summed E-state index contributed by atoms with van der Waals surface area (Å²) < 4.78 is 40.2. The zero-order chi connectivity index (χ0) is 16.4. The summed E-state index contributed by atoms with van der Waals surface area (Å²) >= 11 is 6.68. The van der Waals surface area contributed by atoms with E-state index in [1.165, 1.54) is 0 Å². The Labute approximate surface area is 137 Å². The number of alkyl halides is 1. The molecule has 23 heavy (non-hydrogen) atoms. The third kappa shape index (κ3) is 2.35. The highest BCUT2D eigenvalue weighted by molar-refractivity contribution is 6.24. The van der Waals surface area contributed by atoms with E-state index >= 15 is 0 Å². The van der Waals surface area contributed by atoms with Crippen LogP contribution in [0.5, 0.6) is 0 Å². The summed E-state index contributed by atoms with van der Waals surface area (Å²) in [4.78, 5) is 12.5. The lowest BCUT2D eigenvalue weighted by Crippen LogP contribution is -2.57. The first-order chi connectivity index (χ1) is 10.8. The van der Waals surface area contributed by atoms with Gasteiger partial charge < -0.3 is 5.32 Å². The standard InChI is InChI=1S/C17H17ClF3NO/c18-17-6-9-3-10(7-17)5-16(4-9,8-17)15(23)22-12-2-1-11(19)13(20)14(12)21/h1-2,9-10H,3-8H2,(H,22,23)/t9-,10-,16?,17?/m0/s1. The maximum Gasteiger partial charge on any atom is 0.230 e. The number of amides is 1. The molecule has 0 radical (unpaired) electrons. The lowest BCUT2D eigenvalue weighted by Gasteiger charge is -2.59. The van der Waals surface area contributed by atoms with Gasteiger partial charge in [0.2, 0.25) is 5.91 Å². The van der Waals surface area contributed by atoms with E-state index in [0.717, 1.165) is 44.2 Å². The van der Waals surface area contributed by atoms with E-state index < -0.39 is 22.9 Å². The number of rotatable bonds is 2. The van der Waals surface area contributed by atoms with Crippen molar-refractivity contribution in [1.29, 1.82) is 0 Å². The highest BCUT2D eigenvalue weighted by atomic mass is 35.5. The lowest BCUT2D eigenvalue weighted by molar-refractivity contribution is -0.138. The van der Waals surface area contributed by atoms with Crippen LogP contribution in [-0.2, 0) is 4.79 Å². The van der Waals surface area contributed by atoms with Crippen molar-refractivity contribution in [3.05, 3.63) is 29.6 Å². The van der Waals surface area contributed by atoms with Crippen LogP contribution >= 0.6 is 11.6 Å². The number of halogens is 4. The number of carbonyl (C=O) groups excluding carboxylic acids is 1. The maximum atomic E-state index is 13.8. The summed E-state index contributed by atoms with van der Waals surface area (Å²) in [6, 6.07) is 1.87. The highest BCUT2D eigenvalue weighted by Gasteiger charge is 2.60. The van der Waals surface area contributed by atoms with Crippen molar-refractivity contribution < 1.29 is 18.0 Å². The number of carbonyl (C=O) groups is 1. The third-order valence-corrected chi connectivity index (χ3v) is 6.20. The molecular weight excluding hydrogens is 327 g/mol. The van der Waals surface area contributed by atoms with E-state index in [-0.39, 0.29) is 16.5 Å². The minimum atomic E-state index is -1.57. The Kier molecular flexibility index (Phi) is 3.25. The van der Waals surface area contributed by atoms with Gasteiger partial charge in [0.25, 0.3) is 0 Å². The second-order valence-electron chi connectivity index (χ2n) is 7.57. The average molecular weight is 344 g/mol. The van der Waals surface area contributed by atoms with Crippen molar-refractivity contribution >= 4 is 23.2 Å². The van der Waals surface area contributed by atoms with Gasteiger partial charge in [0.15, 0.2) is 17.5 Å². The Hall–Kier alpha value is -1.23. The summed E-state index contributed by atoms with van der Waals surface area (Å²) in [6.07, 6.45) is 5.03. The third-order valence-electron chi connectivity index (χ3n) is 5.75. The van der Waals surface area contributed by atoms with Crippen molar-refractivity contribution in [2.75, 3.05) is 5.32 Å². The number of nitrogens with one attached hydrogen (secondary N) is 1. The normalized spacial score (nSPS) is 37.9. The van der Waals surface area contributed by atoms with E-state index in [2.05, 4.69) is 5.32 Å². The number of hydrogen-bond donors (Lipinski definition) is 1. The molecular formula is C17H17ClF3NO. The van der Waals surface area contributed by atoms with Crippen molar-refractivity contribution in [1.82, 2.24) is 0 Å². The number of hydrogen-bond acceptors (Lipinski definition) is 1. The number of anilines is 1. The van der Waals surface area contributed by atoms with Crippen LogP contribution in [0.1, 0.15) is 38.5 Å². The molecule has 0 unspecified atom stereocenters. The van der Waals surface area contributed by atoms with Crippen LogP contribution in [0.25, 0.3) is 0 Å². The molecule has 1 N–H and O–H groups in total. The molecule has 0 heterocycles. The molecule has 4 saturated carbocycles. The smallest absolute Gasteiger partial charge is 0.230 e. The molecule has 1 aromatic rings. The topological polar surface area (TPSA) is 29.1 Å². The van der Waals surface area contributed by atoms with Crippen molar-refractivity contribution in [3.8, 4) is 0 Å². The predicted octanol–water partition coefficient (Wildman–Crippen LogP) is 4.62. The van der Waals surface area contributed by atoms with Gasteiger partial charge in [0.05, 0.1) is 11.1 Å². The second-order valence-corrected chi connectivity index (χ2v) is 8.37. The molecule has 0 spiro atoms. The first kappa shape index (κ1) is 15.3. The Balaban J connectivity index is 1.61. The van der Waals surface area contributed by atoms with Crippen LogP contribution in [0.2, 0.25) is 0 Å². The summed E-state index contributed by atoms with van der Waals surface area (Å²) in [6.45, 7) is 0. The average Bonchev–Trinajstić information content (AvgIpc) is 2.45. The molecule has 0 aliphatic heterocycles. The van der Waals surface area contributed by atoms with Gasteiger partial charge in [-0.2, -0.15) is 0 Å². The predicted molar refractivity (Wildman–Crippen MR) is 80.6 cm³/mol. The van der Waals surface area contributed by atoms with E-state index in [0.29, 0.717) is 18.3 Å². The molecule has 2 atom stereocenters. The quantitative estimate of drug-likeness (QED) is 0.616. The molecule has 6 heteroatoms. The molecule has 4 aliphatic carbocycles. The Bertz CT molecular complexity index is 679. The molecule has 4 fully saturated rings. The Morgan fingerprint density at radius 3 is 2.35 bits per heavy atom. The first-order valence-electron chi connectivity index (χ1n) is 7.94. The molecule has 124 valence electrons. The van der Waals surface area contributed by atoms with Crippen LogP contribution in [-0.4, -0.2) is 10.8 Å². The highest BCUT2D eigenvalue weighted by Crippen LogP contribution is 2.64. The van der Waals surface area contributed by atoms with Crippen LogP contribution in [0, 0.1) is 34.7 Å². The molecule has 0 aromatic heterocycles. The monoisotopic (exact) mass is 343 g/mol. The molecule has 1 amide bonds. The van der Waals surface area contributed by atoms with Gasteiger partial charge in [0, 0.05) is 4.87 Å². The van der Waals surface area contributed by atoms with Crippen molar-refractivity contribution in [2.45, 2.75) is 43.4 Å². The van der Waals surface area contributed by atoms with Gasteiger partial charge in [-0.1, -0.05) is 0 Å². The summed E-state index contributed by atoms with van der Waals surface area (Å²) in [5, 5.41) is 2.47. The van der Waals surface area contributed by atoms with E-state index in [9.17, 15) is 18.0 Å². The van der Waals surface area contributed by atoms with E-state index in [1.807, 2.05) is 0 Å². The molecule has 4 bridgehead atoms. The fourth-order valence-electron chi connectivity index (χ4n) is 5.29. The molecule has 4 aliphatic rings. The fraction of sp³-hybridized carbons (Fsp3) is 0.588. The first-order valence-corrected chi connectivity index (χ1v) is 8.32. The van der Waals surface area contributed by atoms with Crippen LogP contribution < -0.4 is 5.32 Å². The zero-order valence-corrected chi connectivity index (χ0v) is 13.2. The van der Waals surface area contributed by atoms with Gasteiger partial charge >= 0.3 is 0 Å². The van der Waals surface area contributed by atoms with E-state index in [1.54, 1.807) is 0 Å². The minimum absolute atomic E-state index is 0.312. The van der Waals surface area contributed by atoms with Gasteiger partial charge in [0.1, 0.15) is 0 Å². The van der Waals surface area contributed by atoms with Gasteiger partial charge in [-0.05, 0) is 62.5 Å². The lowest BCUT2D eigenvalue weighted by atomic mass is 9.49. The minimum Gasteiger partial charge on any atom is -0.323 e. The van der Waals surface area contributed by atoms with Crippen molar-refractivity contribution in [3.63, 3.8) is 0 Å². The van der Waals surface area contributed by atoms with Gasteiger partial charge in [-0.25, -0.2) is 13.2 Å². The molecule has 0 saturated heterocycles. The van der Waals surface area contributed by atoms with Crippen LogP contribution in [0.4, 0.5) is 18.9 Å². The van der Waals surface area contributed by atoms with Crippen molar-refractivity contribution in [2.24, 2.45) is 17.3 Å². The summed E-state index contributed by atoms with van der Waals surface area (Å²) in [7, 11) is 0. The molecule has 2 nitrogen and oxygen atoms in total. The summed E-state index contributed by atoms with van der Waals surface area (Å²) in [5.74, 6) is -3.66. The SMILES string of the molecule is O=C(Nc1ccc(F)c(F)c1F)C12C[C@@H]3C[C@H](CC(Cl)(C3)C1)C2. The number of benzene rings is 1. The summed E-state index contributed by atoms with van der Waals surface area (Å²) in [5.41, 5.74) is -0.920. The second kappa shape index (κ2) is 4.88.